The highest BCUT2D eigenvalue weighted by Crippen LogP contribution is 2.63. The maximum atomic E-state index is 12.1. The van der Waals surface area contributed by atoms with Gasteiger partial charge in [-0.1, -0.05) is 101 Å². The summed E-state index contributed by atoms with van der Waals surface area (Å²) in [5.74, 6) is -0.219. The average molecular weight is 577 g/mol. The van der Waals surface area contributed by atoms with E-state index in [0.717, 1.165) is 16.9 Å². The molecule has 0 unspecified atom stereocenters. The molecule has 0 heterocycles. The van der Waals surface area contributed by atoms with Crippen LogP contribution in [0.2, 0.25) is 0 Å². The van der Waals surface area contributed by atoms with Gasteiger partial charge in [0.2, 0.25) is 0 Å². The molecule has 2 aromatic rings. The molecule has 6 rings (SSSR count). The van der Waals surface area contributed by atoms with Crippen LogP contribution in [0.15, 0.2) is 59.6 Å². The summed E-state index contributed by atoms with van der Waals surface area (Å²) in [7, 11) is -5.45. The maximum absolute atomic E-state index is 12.1. The van der Waals surface area contributed by atoms with E-state index in [9.17, 15) is 21.6 Å². The van der Waals surface area contributed by atoms with Crippen LogP contribution in [-0.4, -0.2) is 25.2 Å². The van der Waals surface area contributed by atoms with Gasteiger partial charge in [0, 0.05) is 6.42 Å². The molecular weight excluding hydrogens is 540 g/mol. The number of benzene rings is 2. The number of alkyl halides is 3. The Labute approximate surface area is 231 Å². The molecule has 39 heavy (non-hydrogen) atoms. The van der Waals surface area contributed by atoms with E-state index in [2.05, 4.69) is 34.5 Å². The largest absolute Gasteiger partial charge is 0.534 e. The SMILES string of the molecule is C1=C(P(C2CCCCC2)C2CCCCC2)Cc2ccccc21.O=S(=O)(OC1=Cc2ccccc2C1)C(F)(F)F. The summed E-state index contributed by atoms with van der Waals surface area (Å²) < 4.78 is 61.8. The lowest BCUT2D eigenvalue weighted by atomic mass is 9.99. The lowest BCUT2D eigenvalue weighted by Gasteiger charge is -2.39. The molecule has 2 aromatic carbocycles. The van der Waals surface area contributed by atoms with Crippen molar-refractivity contribution in [1.82, 2.24) is 0 Å². The third kappa shape index (κ3) is 6.79. The van der Waals surface area contributed by atoms with Crippen molar-refractivity contribution in [2.24, 2.45) is 0 Å². The Hall–Kier alpha value is -2.11. The molecular formula is C31H36F3O3PS. The fourth-order valence-electron chi connectivity index (χ4n) is 6.40. The van der Waals surface area contributed by atoms with E-state index in [1.807, 2.05) is 5.31 Å². The molecule has 4 aliphatic carbocycles. The number of fused-ring (bicyclic) bond motifs is 2. The number of halogens is 3. The number of hydrogen-bond donors (Lipinski definition) is 0. The first-order valence-electron chi connectivity index (χ1n) is 14.1. The topological polar surface area (TPSA) is 43.4 Å². The summed E-state index contributed by atoms with van der Waals surface area (Å²) in [6.45, 7) is 0. The van der Waals surface area contributed by atoms with E-state index >= 15 is 0 Å². The smallest absolute Gasteiger partial charge is 0.380 e. The predicted molar refractivity (Wildman–Crippen MR) is 153 cm³/mol. The zero-order valence-corrected chi connectivity index (χ0v) is 23.8. The van der Waals surface area contributed by atoms with Crippen LogP contribution in [-0.2, 0) is 27.1 Å². The van der Waals surface area contributed by atoms with Crippen molar-refractivity contribution in [3.63, 3.8) is 0 Å². The van der Waals surface area contributed by atoms with E-state index in [4.69, 9.17) is 0 Å². The van der Waals surface area contributed by atoms with Gasteiger partial charge in [0.05, 0.1) is 0 Å². The van der Waals surface area contributed by atoms with Crippen LogP contribution >= 0.6 is 7.92 Å². The van der Waals surface area contributed by atoms with Gasteiger partial charge < -0.3 is 4.18 Å². The highest BCUT2D eigenvalue weighted by molar-refractivity contribution is 7.87. The molecule has 2 fully saturated rings. The number of rotatable bonds is 5. The Morgan fingerprint density at radius 2 is 1.18 bits per heavy atom. The molecule has 8 heteroatoms. The summed E-state index contributed by atoms with van der Waals surface area (Å²) in [6, 6.07) is 15.9. The molecule has 0 saturated heterocycles. The third-order valence-electron chi connectivity index (χ3n) is 8.25. The molecule has 0 aromatic heterocycles. The second-order valence-corrected chi connectivity index (χ2v) is 15.4. The van der Waals surface area contributed by atoms with Gasteiger partial charge >= 0.3 is 15.6 Å². The molecule has 0 bridgehead atoms. The van der Waals surface area contributed by atoms with E-state index in [-0.39, 0.29) is 20.1 Å². The number of hydrogen-bond acceptors (Lipinski definition) is 3. The molecule has 0 aliphatic heterocycles. The van der Waals surface area contributed by atoms with Crippen molar-refractivity contribution in [3.05, 3.63) is 81.9 Å². The van der Waals surface area contributed by atoms with Gasteiger partial charge in [-0.3, -0.25) is 0 Å². The fourth-order valence-corrected chi connectivity index (χ4v) is 10.9. The van der Waals surface area contributed by atoms with Gasteiger partial charge in [-0.2, -0.15) is 21.6 Å². The van der Waals surface area contributed by atoms with Crippen molar-refractivity contribution in [3.8, 4) is 0 Å². The Morgan fingerprint density at radius 1 is 0.692 bits per heavy atom. The standard InChI is InChI=1S/C21H29P.C10H7F3O3S/c1-3-11-19(12-4-1)22(20-13-5-2-6-14-20)21-15-17-9-7-8-10-18(17)16-21;11-10(12,13)17(14,15)16-9-5-7-3-1-2-4-8(7)6-9/h7-10,15,19-20H,1-6,11-14,16H2;1-5H,6H2. The van der Waals surface area contributed by atoms with E-state index in [1.165, 1.54) is 82.3 Å². The normalized spacial score (nSPS) is 20.0. The van der Waals surface area contributed by atoms with Crippen LogP contribution in [0, 0.1) is 0 Å². The summed E-state index contributed by atoms with van der Waals surface area (Å²) >= 11 is 0. The molecule has 210 valence electrons. The van der Waals surface area contributed by atoms with E-state index in [0.29, 0.717) is 5.56 Å². The molecule has 0 radical (unpaired) electrons. The highest BCUT2D eigenvalue weighted by atomic mass is 32.2. The Morgan fingerprint density at radius 3 is 1.67 bits per heavy atom. The number of allylic oxidation sites excluding steroid dienone is 2. The average Bonchev–Trinajstić information content (AvgIpc) is 3.53. The van der Waals surface area contributed by atoms with Crippen molar-refractivity contribution >= 4 is 30.2 Å². The van der Waals surface area contributed by atoms with Crippen LogP contribution < -0.4 is 0 Å². The second kappa shape index (κ2) is 12.2. The van der Waals surface area contributed by atoms with Crippen LogP contribution in [0.5, 0.6) is 0 Å². The third-order valence-corrected chi connectivity index (χ3v) is 12.8. The van der Waals surface area contributed by atoms with Gasteiger partial charge in [0.15, 0.2) is 0 Å². The minimum absolute atomic E-state index is 0.0471. The van der Waals surface area contributed by atoms with Gasteiger partial charge in [-0.05, 0) is 77.1 Å². The van der Waals surface area contributed by atoms with E-state index in [1.54, 1.807) is 29.8 Å². The lowest BCUT2D eigenvalue weighted by molar-refractivity contribution is -0.0522. The first-order chi connectivity index (χ1) is 18.7. The first-order valence-corrected chi connectivity index (χ1v) is 17.0. The highest BCUT2D eigenvalue weighted by Gasteiger charge is 2.49. The van der Waals surface area contributed by atoms with Gasteiger partial charge in [-0.15, -0.1) is 0 Å². The Bertz CT molecular complexity index is 1300. The summed E-state index contributed by atoms with van der Waals surface area (Å²) in [5, 5.41) is 1.86. The second-order valence-electron chi connectivity index (χ2n) is 11.0. The zero-order chi connectivity index (χ0) is 27.5. The lowest BCUT2D eigenvalue weighted by Crippen LogP contribution is -2.25. The van der Waals surface area contributed by atoms with Crippen LogP contribution in [0.4, 0.5) is 13.2 Å². The maximum Gasteiger partial charge on any atom is 0.534 e. The summed E-state index contributed by atoms with van der Waals surface area (Å²) in [5.41, 5.74) is 1.22. The van der Waals surface area contributed by atoms with Gasteiger partial charge in [-0.25, -0.2) is 0 Å². The minimum Gasteiger partial charge on any atom is -0.380 e. The van der Waals surface area contributed by atoms with Crippen molar-refractivity contribution in [2.45, 2.75) is 93.9 Å². The molecule has 2 saturated carbocycles. The molecule has 0 amide bonds. The summed E-state index contributed by atoms with van der Waals surface area (Å²) in [6.07, 6.45) is 20.3. The predicted octanol–water partition coefficient (Wildman–Crippen LogP) is 9.18. The minimum atomic E-state index is -5.57. The van der Waals surface area contributed by atoms with Crippen LogP contribution in [0.3, 0.4) is 0 Å². The van der Waals surface area contributed by atoms with Crippen LogP contribution in [0.1, 0.15) is 86.5 Å². The quantitative estimate of drug-likeness (QED) is 0.203. The Kier molecular flexibility index (Phi) is 8.88. The molecule has 0 spiro atoms. The zero-order valence-electron chi connectivity index (χ0n) is 22.1. The summed E-state index contributed by atoms with van der Waals surface area (Å²) in [4.78, 5) is 0. The molecule has 4 aliphatic rings. The van der Waals surface area contributed by atoms with Gasteiger partial charge in [0.1, 0.15) is 5.76 Å². The van der Waals surface area contributed by atoms with Crippen molar-refractivity contribution < 1.29 is 25.8 Å². The van der Waals surface area contributed by atoms with Gasteiger partial charge in [0.25, 0.3) is 0 Å². The Balaban J connectivity index is 0.000000164. The van der Waals surface area contributed by atoms with Crippen molar-refractivity contribution in [2.75, 3.05) is 0 Å². The molecule has 0 N–H and O–H groups in total. The molecule has 0 atom stereocenters. The molecule has 3 nitrogen and oxygen atoms in total. The van der Waals surface area contributed by atoms with Crippen molar-refractivity contribution in [1.29, 1.82) is 0 Å². The monoisotopic (exact) mass is 576 g/mol. The fraction of sp³-hybridized carbons (Fsp3) is 0.484. The van der Waals surface area contributed by atoms with Crippen LogP contribution in [0.25, 0.3) is 12.2 Å². The van der Waals surface area contributed by atoms with E-state index < -0.39 is 15.6 Å². The first kappa shape index (κ1) is 28.4.